The number of esters is 2. The van der Waals surface area contributed by atoms with Gasteiger partial charge in [0.15, 0.2) is 0 Å². The molecule has 0 fully saturated rings. The highest BCUT2D eigenvalue weighted by Gasteiger charge is 2.15. The summed E-state index contributed by atoms with van der Waals surface area (Å²) in [6, 6.07) is 22.0. The number of unbranched alkanes of at least 4 members (excludes halogenated alkanes) is 10. The fourth-order valence-corrected chi connectivity index (χ4v) is 6.04. The zero-order valence-corrected chi connectivity index (χ0v) is 32.5. The third-order valence-electron chi connectivity index (χ3n) is 9.04. The van der Waals surface area contributed by atoms with Gasteiger partial charge in [0.25, 0.3) is 0 Å². The molecule has 0 bridgehead atoms. The summed E-state index contributed by atoms with van der Waals surface area (Å²) in [6.07, 6.45) is 41.5. The highest BCUT2D eigenvalue weighted by Crippen LogP contribution is 2.21. The lowest BCUT2D eigenvalue weighted by Gasteiger charge is -2.09. The molecule has 4 nitrogen and oxygen atoms in total. The standard InChI is InChI=1S/C50H62O4/c1-3-5-7-9-11-13-15-17-19-21-23-25-27-32-43-34-29-38-47(40-43)53-49(51)45-36-31-37-46(42-45)50(52)54-48-39-30-35-44(41-48)33-28-26-24-22-20-18-16-14-12-10-8-6-4-2/h3-4,7-10,13-16,29-31,34-42H,1-2,5-6,11-12,17-28,32-33H2/b9-7-,10-8-,15-13-,16-14-. The van der Waals surface area contributed by atoms with E-state index < -0.39 is 11.9 Å². The predicted octanol–water partition coefficient (Wildman–Crippen LogP) is 14.0. The topological polar surface area (TPSA) is 52.6 Å². The van der Waals surface area contributed by atoms with Crippen molar-refractivity contribution in [3.05, 3.63) is 169 Å². The normalized spacial score (nSPS) is 11.6. The molecule has 0 spiro atoms. The van der Waals surface area contributed by atoms with Crippen LogP contribution in [0, 0.1) is 0 Å². The number of carbonyl (C=O) groups excluding carboxylic acids is 2. The number of ether oxygens (including phenoxy) is 2. The molecule has 4 heteroatoms. The van der Waals surface area contributed by atoms with Gasteiger partial charge in [0, 0.05) is 0 Å². The van der Waals surface area contributed by atoms with Crippen molar-refractivity contribution >= 4 is 11.9 Å². The van der Waals surface area contributed by atoms with Crippen LogP contribution >= 0.6 is 0 Å². The van der Waals surface area contributed by atoms with Crippen LogP contribution in [0.25, 0.3) is 0 Å². The molecule has 0 heterocycles. The minimum atomic E-state index is -0.505. The quantitative estimate of drug-likeness (QED) is 0.0323. The van der Waals surface area contributed by atoms with Crippen molar-refractivity contribution in [2.24, 2.45) is 0 Å². The summed E-state index contributed by atoms with van der Waals surface area (Å²) in [5, 5.41) is 0. The minimum Gasteiger partial charge on any atom is -0.423 e. The molecule has 0 unspecified atom stereocenters. The molecule has 54 heavy (non-hydrogen) atoms. The second kappa shape index (κ2) is 28.5. The maximum absolute atomic E-state index is 13.1. The second-order valence-corrected chi connectivity index (χ2v) is 13.7. The number of aryl methyl sites for hydroxylation is 2. The third-order valence-corrected chi connectivity index (χ3v) is 9.04. The van der Waals surface area contributed by atoms with Gasteiger partial charge in [-0.3, -0.25) is 0 Å². The summed E-state index contributed by atoms with van der Waals surface area (Å²) in [5.74, 6) is -0.00203. The summed E-state index contributed by atoms with van der Waals surface area (Å²) >= 11 is 0. The van der Waals surface area contributed by atoms with Crippen molar-refractivity contribution < 1.29 is 19.1 Å². The summed E-state index contributed by atoms with van der Waals surface area (Å²) in [6.45, 7) is 7.45. The van der Waals surface area contributed by atoms with Gasteiger partial charge in [-0.2, -0.15) is 0 Å². The Kier molecular flexibility index (Phi) is 23.0. The van der Waals surface area contributed by atoms with Crippen LogP contribution in [0.4, 0.5) is 0 Å². The first-order chi connectivity index (χ1) is 26.6. The van der Waals surface area contributed by atoms with E-state index in [1.165, 1.54) is 57.4 Å². The molecule has 3 aromatic carbocycles. The van der Waals surface area contributed by atoms with Crippen LogP contribution in [0.5, 0.6) is 11.5 Å². The van der Waals surface area contributed by atoms with Gasteiger partial charge in [-0.25, -0.2) is 9.59 Å². The molecule has 0 aliphatic rings. The smallest absolute Gasteiger partial charge is 0.343 e. The molecule has 0 aliphatic heterocycles. The molecule has 286 valence electrons. The molecule has 0 radical (unpaired) electrons. The van der Waals surface area contributed by atoms with Gasteiger partial charge in [-0.15, -0.1) is 13.2 Å². The first-order valence-corrected chi connectivity index (χ1v) is 20.1. The van der Waals surface area contributed by atoms with E-state index in [0.717, 1.165) is 75.3 Å². The molecule has 3 aromatic rings. The van der Waals surface area contributed by atoms with Crippen LogP contribution in [0.3, 0.4) is 0 Å². The van der Waals surface area contributed by atoms with Crippen LogP contribution in [0.2, 0.25) is 0 Å². The predicted molar refractivity (Wildman–Crippen MR) is 227 cm³/mol. The molecule has 3 rings (SSSR count). The molecule has 0 saturated heterocycles. The third kappa shape index (κ3) is 19.8. The van der Waals surface area contributed by atoms with E-state index in [9.17, 15) is 9.59 Å². The molecule has 0 saturated carbocycles. The number of carbonyl (C=O) groups is 2. The lowest BCUT2D eigenvalue weighted by atomic mass is 10.0. The average Bonchev–Trinajstić information content (AvgIpc) is 3.19. The zero-order valence-electron chi connectivity index (χ0n) is 32.5. The van der Waals surface area contributed by atoms with Gasteiger partial charge in [-0.05, 0) is 131 Å². The lowest BCUT2D eigenvalue weighted by Crippen LogP contribution is -2.12. The van der Waals surface area contributed by atoms with Gasteiger partial charge in [0.1, 0.15) is 11.5 Å². The summed E-state index contributed by atoms with van der Waals surface area (Å²) < 4.78 is 11.4. The van der Waals surface area contributed by atoms with Crippen LogP contribution in [0.15, 0.2) is 147 Å². The van der Waals surface area contributed by atoms with Crippen molar-refractivity contribution in [1.29, 1.82) is 0 Å². The van der Waals surface area contributed by atoms with Gasteiger partial charge < -0.3 is 9.47 Å². The largest absolute Gasteiger partial charge is 0.423 e. The van der Waals surface area contributed by atoms with Crippen molar-refractivity contribution in [3.63, 3.8) is 0 Å². The molecular weight excluding hydrogens is 665 g/mol. The first kappa shape index (κ1) is 43.4. The summed E-state index contributed by atoms with van der Waals surface area (Å²) in [5.41, 5.74) is 2.90. The average molecular weight is 727 g/mol. The molecule has 0 aliphatic carbocycles. The summed E-state index contributed by atoms with van der Waals surface area (Å²) in [4.78, 5) is 26.1. The molecule has 0 N–H and O–H groups in total. The number of benzene rings is 3. The molecule has 0 aromatic heterocycles. The molecular formula is C50H62O4. The van der Waals surface area contributed by atoms with E-state index in [0.29, 0.717) is 22.6 Å². The van der Waals surface area contributed by atoms with Crippen LogP contribution in [-0.4, -0.2) is 11.9 Å². The molecule has 0 atom stereocenters. The zero-order chi connectivity index (χ0) is 38.3. The fraction of sp³-hybridized carbons (Fsp3) is 0.360. The number of hydrogen-bond donors (Lipinski definition) is 0. The van der Waals surface area contributed by atoms with Crippen LogP contribution < -0.4 is 9.47 Å². The number of allylic oxidation sites excluding steroid dienone is 10. The van der Waals surface area contributed by atoms with Crippen molar-refractivity contribution in [2.45, 2.75) is 116 Å². The minimum absolute atomic E-state index is 0.301. The summed E-state index contributed by atoms with van der Waals surface area (Å²) in [7, 11) is 0. The van der Waals surface area contributed by atoms with E-state index in [2.05, 4.69) is 73.9 Å². The van der Waals surface area contributed by atoms with Gasteiger partial charge in [0.05, 0.1) is 11.1 Å². The van der Waals surface area contributed by atoms with Crippen molar-refractivity contribution in [1.82, 2.24) is 0 Å². The Morgan fingerprint density at radius 3 is 1.30 bits per heavy atom. The SMILES string of the molecule is C=CC/C=C\C/C=C\CCCCCCCc1cccc(OC(=O)c2cccc(C(=O)Oc3cccc(CCCCCCC/C=C\C/C=C\CC=C)c3)c2)c1. The monoisotopic (exact) mass is 726 g/mol. The second-order valence-electron chi connectivity index (χ2n) is 13.7. The maximum atomic E-state index is 13.1. The van der Waals surface area contributed by atoms with Gasteiger partial charge in [0.2, 0.25) is 0 Å². The Balaban J connectivity index is 1.34. The van der Waals surface area contributed by atoms with Crippen molar-refractivity contribution in [3.8, 4) is 11.5 Å². The van der Waals surface area contributed by atoms with E-state index in [-0.39, 0.29) is 0 Å². The molecule has 0 amide bonds. The Morgan fingerprint density at radius 1 is 0.444 bits per heavy atom. The first-order valence-electron chi connectivity index (χ1n) is 20.1. The van der Waals surface area contributed by atoms with Gasteiger partial charge >= 0.3 is 11.9 Å². The van der Waals surface area contributed by atoms with E-state index in [4.69, 9.17) is 9.47 Å². The van der Waals surface area contributed by atoms with E-state index in [1.807, 2.05) is 36.4 Å². The fourth-order valence-electron chi connectivity index (χ4n) is 6.04. The Morgan fingerprint density at radius 2 is 0.833 bits per heavy atom. The number of rotatable bonds is 28. The number of hydrogen-bond acceptors (Lipinski definition) is 4. The van der Waals surface area contributed by atoms with Crippen LogP contribution in [-0.2, 0) is 12.8 Å². The van der Waals surface area contributed by atoms with E-state index >= 15 is 0 Å². The Hall–Kier alpha value is -4.96. The van der Waals surface area contributed by atoms with E-state index in [1.54, 1.807) is 30.3 Å². The maximum Gasteiger partial charge on any atom is 0.343 e. The van der Waals surface area contributed by atoms with Crippen LogP contribution in [0.1, 0.15) is 135 Å². The highest BCUT2D eigenvalue weighted by atomic mass is 16.5. The lowest BCUT2D eigenvalue weighted by molar-refractivity contribution is 0.0734. The Labute approximate surface area is 326 Å². The highest BCUT2D eigenvalue weighted by molar-refractivity contribution is 5.96. The Bertz CT molecular complexity index is 1540. The van der Waals surface area contributed by atoms with Crippen molar-refractivity contribution in [2.75, 3.05) is 0 Å². The van der Waals surface area contributed by atoms with Gasteiger partial charge in [-0.1, -0.05) is 130 Å².